The second-order valence-electron chi connectivity index (χ2n) is 6.48. The first-order valence-corrected chi connectivity index (χ1v) is 8.10. The molecule has 1 aliphatic carbocycles. The molecule has 5 nitrogen and oxygen atoms in total. The Balaban J connectivity index is 1.82. The van der Waals surface area contributed by atoms with Crippen LogP contribution in [0.4, 0.5) is 0 Å². The van der Waals surface area contributed by atoms with E-state index in [1.54, 1.807) is 0 Å². The zero-order valence-electron chi connectivity index (χ0n) is 13.0. The van der Waals surface area contributed by atoms with Gasteiger partial charge >= 0.3 is 5.97 Å². The number of aliphatic carboxylic acids is 1. The molecule has 3 unspecified atom stereocenters. The van der Waals surface area contributed by atoms with E-state index in [0.717, 1.165) is 30.7 Å². The molecule has 116 valence electrons. The number of aryl methyl sites for hydroxylation is 2. The number of carboxylic acids is 1. The molecule has 1 aliphatic heterocycles. The van der Waals surface area contributed by atoms with Gasteiger partial charge in [0.15, 0.2) is 0 Å². The monoisotopic (exact) mass is 291 g/mol. The second kappa shape index (κ2) is 5.79. The van der Waals surface area contributed by atoms with Crippen molar-refractivity contribution in [1.82, 2.24) is 14.7 Å². The average Bonchev–Trinajstić information content (AvgIpc) is 3.01. The van der Waals surface area contributed by atoms with E-state index in [2.05, 4.69) is 23.0 Å². The van der Waals surface area contributed by atoms with Crippen molar-refractivity contribution in [1.29, 1.82) is 0 Å². The van der Waals surface area contributed by atoms with Crippen molar-refractivity contribution in [3.63, 3.8) is 0 Å². The molecular formula is C16H25N3O2. The van der Waals surface area contributed by atoms with E-state index in [1.807, 2.05) is 11.7 Å². The van der Waals surface area contributed by atoms with Crippen molar-refractivity contribution in [2.75, 3.05) is 0 Å². The minimum absolute atomic E-state index is 0.321. The highest BCUT2D eigenvalue weighted by atomic mass is 16.4. The molecule has 3 rings (SSSR count). The second-order valence-corrected chi connectivity index (χ2v) is 6.48. The average molecular weight is 291 g/mol. The largest absolute Gasteiger partial charge is 0.480 e. The maximum absolute atomic E-state index is 11.6. The Hall–Kier alpha value is -1.36. The summed E-state index contributed by atoms with van der Waals surface area (Å²) in [6.45, 7) is 2.81. The first kappa shape index (κ1) is 14.6. The molecule has 0 amide bonds. The lowest BCUT2D eigenvalue weighted by Gasteiger charge is -2.32. The number of hydrogen-bond acceptors (Lipinski definition) is 3. The van der Waals surface area contributed by atoms with Crippen molar-refractivity contribution in [3.8, 4) is 0 Å². The van der Waals surface area contributed by atoms with Gasteiger partial charge in [0, 0.05) is 19.6 Å². The van der Waals surface area contributed by atoms with Crippen LogP contribution in [0.3, 0.4) is 0 Å². The zero-order chi connectivity index (χ0) is 15.0. The van der Waals surface area contributed by atoms with Crippen LogP contribution < -0.4 is 0 Å². The summed E-state index contributed by atoms with van der Waals surface area (Å²) in [7, 11) is 1.96. The van der Waals surface area contributed by atoms with Crippen LogP contribution in [-0.2, 0) is 24.8 Å². The summed E-state index contributed by atoms with van der Waals surface area (Å²) in [4.78, 5) is 13.9. The predicted octanol–water partition coefficient (Wildman–Crippen LogP) is 2.20. The molecule has 1 aromatic heterocycles. The van der Waals surface area contributed by atoms with Crippen LogP contribution in [0.15, 0.2) is 6.07 Å². The number of carbonyl (C=O) groups is 1. The summed E-state index contributed by atoms with van der Waals surface area (Å²) in [5.74, 6) is -0.0963. The highest BCUT2D eigenvalue weighted by molar-refractivity contribution is 5.74. The SMILES string of the molecule is CCc1cc(CN2C(C(=O)O)CC3CCCCC32)n(C)n1. The van der Waals surface area contributed by atoms with Crippen molar-refractivity contribution < 1.29 is 9.90 Å². The third-order valence-corrected chi connectivity index (χ3v) is 5.24. The summed E-state index contributed by atoms with van der Waals surface area (Å²) in [6.07, 6.45) is 6.56. The van der Waals surface area contributed by atoms with Crippen LogP contribution >= 0.6 is 0 Å². The highest BCUT2D eigenvalue weighted by Gasteiger charge is 2.45. The molecule has 2 heterocycles. The van der Waals surface area contributed by atoms with Crippen LogP contribution in [0.1, 0.15) is 50.4 Å². The van der Waals surface area contributed by atoms with Gasteiger partial charge in [0.1, 0.15) is 6.04 Å². The van der Waals surface area contributed by atoms with E-state index in [-0.39, 0.29) is 6.04 Å². The molecule has 1 N–H and O–H groups in total. The van der Waals surface area contributed by atoms with Gasteiger partial charge in [0.05, 0.1) is 11.4 Å². The first-order chi connectivity index (χ1) is 10.1. The van der Waals surface area contributed by atoms with Crippen molar-refractivity contribution in [3.05, 3.63) is 17.5 Å². The molecule has 2 fully saturated rings. The minimum Gasteiger partial charge on any atom is -0.480 e. The molecule has 0 spiro atoms. The number of rotatable bonds is 4. The smallest absolute Gasteiger partial charge is 0.320 e. The minimum atomic E-state index is -0.665. The first-order valence-electron chi connectivity index (χ1n) is 8.10. The molecule has 0 bridgehead atoms. The quantitative estimate of drug-likeness (QED) is 0.924. The fourth-order valence-electron chi connectivity index (χ4n) is 4.10. The normalized spacial score (nSPS) is 29.5. The summed E-state index contributed by atoms with van der Waals surface area (Å²) in [5.41, 5.74) is 2.21. The fourth-order valence-corrected chi connectivity index (χ4v) is 4.10. The van der Waals surface area contributed by atoms with Crippen LogP contribution in [0.2, 0.25) is 0 Å². The fraction of sp³-hybridized carbons (Fsp3) is 0.750. The molecule has 2 aliphatic rings. The molecular weight excluding hydrogens is 266 g/mol. The topological polar surface area (TPSA) is 58.4 Å². The van der Waals surface area contributed by atoms with Crippen LogP contribution in [0, 0.1) is 5.92 Å². The van der Waals surface area contributed by atoms with E-state index in [9.17, 15) is 9.90 Å². The predicted molar refractivity (Wildman–Crippen MR) is 79.9 cm³/mol. The van der Waals surface area contributed by atoms with Crippen LogP contribution in [0.5, 0.6) is 0 Å². The lowest BCUT2D eigenvalue weighted by Crippen LogP contribution is -2.42. The number of carboxylic acid groups (broad SMARTS) is 1. The molecule has 0 aromatic carbocycles. The Bertz CT molecular complexity index is 526. The number of hydrogen-bond donors (Lipinski definition) is 1. The van der Waals surface area contributed by atoms with E-state index < -0.39 is 5.97 Å². The molecule has 21 heavy (non-hydrogen) atoms. The summed E-state index contributed by atoms with van der Waals surface area (Å²) >= 11 is 0. The van der Waals surface area contributed by atoms with E-state index in [4.69, 9.17) is 0 Å². The maximum Gasteiger partial charge on any atom is 0.320 e. The molecule has 0 radical (unpaired) electrons. The third kappa shape index (κ3) is 2.71. The highest BCUT2D eigenvalue weighted by Crippen LogP contribution is 2.40. The Kier molecular flexibility index (Phi) is 4.02. The van der Waals surface area contributed by atoms with Crippen molar-refractivity contribution in [2.45, 2.75) is 64.1 Å². The van der Waals surface area contributed by atoms with Gasteiger partial charge in [-0.05, 0) is 37.7 Å². The summed E-state index contributed by atoms with van der Waals surface area (Å²) in [6, 6.07) is 2.24. The Morgan fingerprint density at radius 1 is 1.43 bits per heavy atom. The van der Waals surface area contributed by atoms with Gasteiger partial charge in [0.2, 0.25) is 0 Å². The molecule has 5 heteroatoms. The molecule has 3 atom stereocenters. The summed E-state index contributed by atoms with van der Waals surface area (Å²) in [5, 5.41) is 14.1. The third-order valence-electron chi connectivity index (χ3n) is 5.24. The van der Waals surface area contributed by atoms with Crippen molar-refractivity contribution in [2.24, 2.45) is 13.0 Å². The van der Waals surface area contributed by atoms with Gasteiger partial charge in [-0.15, -0.1) is 0 Å². The van der Waals surface area contributed by atoms with Crippen LogP contribution in [0.25, 0.3) is 0 Å². The molecule has 1 saturated carbocycles. The molecule has 1 aromatic rings. The maximum atomic E-state index is 11.6. The summed E-state index contributed by atoms with van der Waals surface area (Å²) < 4.78 is 1.91. The number of fused-ring (bicyclic) bond motifs is 1. The Morgan fingerprint density at radius 2 is 2.19 bits per heavy atom. The number of likely N-dealkylation sites (tertiary alicyclic amines) is 1. The standard InChI is InChI=1S/C16H25N3O2/c1-3-12-9-13(18(2)17-12)10-19-14-7-5-4-6-11(14)8-15(19)16(20)21/h9,11,14-15H,3-8,10H2,1-2H3,(H,20,21). The van der Waals surface area contributed by atoms with Crippen LogP contribution in [-0.4, -0.2) is 37.8 Å². The van der Waals surface area contributed by atoms with Crippen molar-refractivity contribution >= 4 is 5.97 Å². The van der Waals surface area contributed by atoms with Gasteiger partial charge in [0.25, 0.3) is 0 Å². The number of aromatic nitrogens is 2. The van der Waals surface area contributed by atoms with Gasteiger partial charge in [-0.1, -0.05) is 19.8 Å². The van der Waals surface area contributed by atoms with E-state index in [1.165, 1.54) is 19.3 Å². The lowest BCUT2D eigenvalue weighted by atomic mass is 9.85. The van der Waals surface area contributed by atoms with Gasteiger partial charge in [-0.2, -0.15) is 5.10 Å². The molecule has 1 saturated heterocycles. The lowest BCUT2D eigenvalue weighted by molar-refractivity contribution is -0.142. The van der Waals surface area contributed by atoms with Gasteiger partial charge < -0.3 is 5.11 Å². The number of nitrogens with zero attached hydrogens (tertiary/aromatic N) is 3. The Morgan fingerprint density at radius 3 is 2.86 bits per heavy atom. The van der Waals surface area contributed by atoms with E-state index in [0.29, 0.717) is 18.5 Å². The van der Waals surface area contributed by atoms with Gasteiger partial charge in [-0.25, -0.2) is 0 Å². The zero-order valence-corrected chi connectivity index (χ0v) is 13.0. The Labute approximate surface area is 125 Å². The van der Waals surface area contributed by atoms with Gasteiger partial charge in [-0.3, -0.25) is 14.4 Å². The van der Waals surface area contributed by atoms with E-state index >= 15 is 0 Å².